The number of amides is 1. The summed E-state index contributed by atoms with van der Waals surface area (Å²) < 4.78 is 0.852. The van der Waals surface area contributed by atoms with E-state index in [1.807, 2.05) is 0 Å². The Hall–Kier alpha value is -0.610. The lowest BCUT2D eigenvalue weighted by Crippen LogP contribution is -2.30. The predicted octanol–water partition coefficient (Wildman–Crippen LogP) is 2.98. The summed E-state index contributed by atoms with van der Waals surface area (Å²) in [5.41, 5.74) is 0.406. The molecule has 0 spiro atoms. The molecule has 0 aromatic carbocycles. The lowest BCUT2D eigenvalue weighted by molar-refractivity contribution is 0.0948. The predicted molar refractivity (Wildman–Crippen MR) is 68.8 cm³/mol. The van der Waals surface area contributed by atoms with Gasteiger partial charge >= 0.3 is 0 Å². The highest BCUT2D eigenvalue weighted by Gasteiger charge is 2.09. The number of hydrogen-bond donors (Lipinski definition) is 1. The molecule has 0 aliphatic rings. The maximum atomic E-state index is 11.6. The van der Waals surface area contributed by atoms with Gasteiger partial charge in [-0.3, -0.25) is 4.79 Å². The van der Waals surface area contributed by atoms with Crippen LogP contribution in [0, 0.1) is 0 Å². The maximum Gasteiger partial charge on any atom is 0.269 e. The number of nitrogens with zero attached hydrogens (tertiary/aromatic N) is 1. The molecule has 0 saturated carbocycles. The zero-order valence-corrected chi connectivity index (χ0v) is 11.4. The molecule has 0 saturated heterocycles. The van der Waals surface area contributed by atoms with Crippen molar-refractivity contribution < 1.29 is 4.79 Å². The van der Waals surface area contributed by atoms with Gasteiger partial charge in [-0.15, -0.1) is 11.6 Å². The van der Waals surface area contributed by atoms with Crippen LogP contribution in [0.3, 0.4) is 0 Å². The van der Waals surface area contributed by atoms with Crippen LogP contribution in [0.2, 0.25) is 0 Å². The molecule has 1 unspecified atom stereocenters. The summed E-state index contributed by atoms with van der Waals surface area (Å²) in [5.74, 6) is -0.186. The first-order valence-electron chi connectivity index (χ1n) is 5.17. The zero-order chi connectivity index (χ0) is 12.0. The third kappa shape index (κ3) is 4.49. The molecule has 0 aliphatic carbocycles. The number of pyridine rings is 1. The van der Waals surface area contributed by atoms with Gasteiger partial charge in [0.15, 0.2) is 0 Å². The molecule has 1 N–H and O–H groups in total. The minimum atomic E-state index is -0.186. The fourth-order valence-electron chi connectivity index (χ4n) is 1.22. The fraction of sp³-hybridized carbons (Fsp3) is 0.455. The van der Waals surface area contributed by atoms with E-state index in [2.05, 4.69) is 33.2 Å². The van der Waals surface area contributed by atoms with E-state index in [1.165, 1.54) is 0 Å². The highest BCUT2D eigenvalue weighted by Crippen LogP contribution is 2.08. The Morgan fingerprint density at radius 3 is 2.94 bits per heavy atom. The van der Waals surface area contributed by atoms with E-state index in [-0.39, 0.29) is 11.3 Å². The summed E-state index contributed by atoms with van der Waals surface area (Å²) in [5, 5.41) is 2.74. The molecule has 0 bridgehead atoms. The van der Waals surface area contributed by atoms with E-state index in [0.29, 0.717) is 12.2 Å². The van der Waals surface area contributed by atoms with Crippen LogP contribution in [-0.4, -0.2) is 22.8 Å². The summed E-state index contributed by atoms with van der Waals surface area (Å²) >= 11 is 9.26. The van der Waals surface area contributed by atoms with E-state index in [0.717, 1.165) is 17.3 Å². The second kappa shape index (κ2) is 6.86. The van der Waals surface area contributed by atoms with Crippen LogP contribution in [-0.2, 0) is 0 Å². The Labute approximate surface area is 109 Å². The van der Waals surface area contributed by atoms with E-state index in [9.17, 15) is 4.79 Å². The molecule has 16 heavy (non-hydrogen) atoms. The average molecular weight is 306 g/mol. The number of carbonyl (C=O) groups is 1. The second-order valence-electron chi connectivity index (χ2n) is 3.46. The minimum Gasteiger partial charge on any atom is -0.349 e. The second-order valence-corrected chi connectivity index (χ2v) is 4.99. The fourth-order valence-corrected chi connectivity index (χ4v) is 1.75. The van der Waals surface area contributed by atoms with Crippen molar-refractivity contribution >= 4 is 33.4 Å². The number of nitrogens with one attached hydrogen (secondary N) is 1. The first kappa shape index (κ1) is 13.5. The molecule has 0 radical (unpaired) electrons. The van der Waals surface area contributed by atoms with Gasteiger partial charge in [0, 0.05) is 17.2 Å². The van der Waals surface area contributed by atoms with Crippen LogP contribution in [0.15, 0.2) is 22.8 Å². The molecular formula is C11H14BrClN2O. The van der Waals surface area contributed by atoms with Crippen molar-refractivity contribution in [3.05, 3.63) is 28.5 Å². The quantitative estimate of drug-likeness (QED) is 0.850. The first-order valence-corrected chi connectivity index (χ1v) is 6.40. The highest BCUT2D eigenvalue weighted by atomic mass is 79.9. The Balaban J connectivity index is 2.43. The molecule has 1 rings (SSSR count). The summed E-state index contributed by atoms with van der Waals surface area (Å²) in [6, 6.07) is 3.45. The van der Waals surface area contributed by atoms with Crippen molar-refractivity contribution in [1.82, 2.24) is 10.3 Å². The zero-order valence-electron chi connectivity index (χ0n) is 9.04. The maximum absolute atomic E-state index is 11.6. The standard InChI is InChI=1S/C11H14BrClN2O/c1-2-3-9(13)7-15-11(16)10-5-4-8(12)6-14-10/h4-6,9H,2-3,7H2,1H3,(H,15,16). The van der Waals surface area contributed by atoms with Crippen LogP contribution in [0.4, 0.5) is 0 Å². The van der Waals surface area contributed by atoms with Crippen LogP contribution >= 0.6 is 27.5 Å². The summed E-state index contributed by atoms with van der Waals surface area (Å²) in [6.07, 6.45) is 3.51. The molecule has 5 heteroatoms. The van der Waals surface area contributed by atoms with Gasteiger partial charge < -0.3 is 5.32 Å². The SMILES string of the molecule is CCCC(Cl)CNC(=O)c1ccc(Br)cn1. The monoisotopic (exact) mass is 304 g/mol. The largest absolute Gasteiger partial charge is 0.349 e. The van der Waals surface area contributed by atoms with Gasteiger partial charge in [-0.05, 0) is 34.5 Å². The van der Waals surface area contributed by atoms with Gasteiger partial charge in [0.2, 0.25) is 0 Å². The van der Waals surface area contributed by atoms with Crippen molar-refractivity contribution in [2.75, 3.05) is 6.54 Å². The molecule has 1 aromatic rings. The normalized spacial score (nSPS) is 12.2. The number of carbonyl (C=O) groups excluding carboxylic acids is 1. The van der Waals surface area contributed by atoms with E-state index in [1.54, 1.807) is 18.3 Å². The van der Waals surface area contributed by atoms with Crippen LogP contribution < -0.4 is 5.32 Å². The van der Waals surface area contributed by atoms with Crippen molar-refractivity contribution in [2.24, 2.45) is 0 Å². The smallest absolute Gasteiger partial charge is 0.269 e. The van der Waals surface area contributed by atoms with Crippen molar-refractivity contribution in [3.8, 4) is 0 Å². The van der Waals surface area contributed by atoms with E-state index < -0.39 is 0 Å². The Morgan fingerprint density at radius 1 is 1.62 bits per heavy atom. The third-order valence-corrected chi connectivity index (χ3v) is 2.89. The number of rotatable bonds is 5. The van der Waals surface area contributed by atoms with Gasteiger partial charge in [-0.1, -0.05) is 13.3 Å². The Morgan fingerprint density at radius 2 is 2.38 bits per heavy atom. The summed E-state index contributed by atoms with van der Waals surface area (Å²) in [6.45, 7) is 2.54. The highest BCUT2D eigenvalue weighted by molar-refractivity contribution is 9.10. The average Bonchev–Trinajstić information content (AvgIpc) is 2.27. The van der Waals surface area contributed by atoms with Crippen molar-refractivity contribution in [1.29, 1.82) is 0 Å². The van der Waals surface area contributed by atoms with Gasteiger partial charge in [0.1, 0.15) is 5.69 Å². The summed E-state index contributed by atoms with van der Waals surface area (Å²) in [7, 11) is 0. The minimum absolute atomic E-state index is 0.00982. The van der Waals surface area contributed by atoms with Gasteiger partial charge in [-0.2, -0.15) is 0 Å². The van der Waals surface area contributed by atoms with E-state index in [4.69, 9.17) is 11.6 Å². The number of hydrogen-bond acceptors (Lipinski definition) is 2. The molecule has 1 aromatic heterocycles. The Bertz CT molecular complexity index is 342. The topological polar surface area (TPSA) is 42.0 Å². The van der Waals surface area contributed by atoms with Crippen molar-refractivity contribution in [3.63, 3.8) is 0 Å². The number of alkyl halides is 1. The van der Waals surface area contributed by atoms with Crippen LogP contribution in [0.1, 0.15) is 30.3 Å². The molecule has 1 heterocycles. The Kier molecular flexibility index (Phi) is 5.77. The summed E-state index contributed by atoms with van der Waals surface area (Å²) in [4.78, 5) is 15.6. The molecule has 0 aliphatic heterocycles. The van der Waals surface area contributed by atoms with E-state index >= 15 is 0 Å². The van der Waals surface area contributed by atoms with Gasteiger partial charge in [0.25, 0.3) is 5.91 Å². The number of aromatic nitrogens is 1. The van der Waals surface area contributed by atoms with Gasteiger partial charge in [-0.25, -0.2) is 4.98 Å². The molecule has 1 atom stereocenters. The molecular weight excluding hydrogens is 291 g/mol. The lowest BCUT2D eigenvalue weighted by Gasteiger charge is -2.09. The van der Waals surface area contributed by atoms with Crippen LogP contribution in [0.5, 0.6) is 0 Å². The lowest BCUT2D eigenvalue weighted by atomic mass is 10.2. The third-order valence-electron chi connectivity index (χ3n) is 2.05. The molecule has 88 valence electrons. The van der Waals surface area contributed by atoms with Gasteiger partial charge in [0.05, 0.1) is 5.38 Å². The molecule has 0 fully saturated rings. The number of halogens is 2. The van der Waals surface area contributed by atoms with Crippen molar-refractivity contribution in [2.45, 2.75) is 25.1 Å². The molecule has 1 amide bonds. The first-order chi connectivity index (χ1) is 7.63. The van der Waals surface area contributed by atoms with Crippen LogP contribution in [0.25, 0.3) is 0 Å². The molecule has 3 nitrogen and oxygen atoms in total.